The van der Waals surface area contributed by atoms with Crippen molar-refractivity contribution in [1.82, 2.24) is 14.8 Å². The molecule has 0 radical (unpaired) electrons. The van der Waals surface area contributed by atoms with Gasteiger partial charge in [-0.3, -0.25) is 4.79 Å². The highest BCUT2D eigenvalue weighted by Gasteiger charge is 2.21. The van der Waals surface area contributed by atoms with Crippen molar-refractivity contribution in [3.05, 3.63) is 65.5 Å². The van der Waals surface area contributed by atoms with Crippen molar-refractivity contribution in [2.75, 3.05) is 5.32 Å². The van der Waals surface area contributed by atoms with Crippen LogP contribution in [0.5, 0.6) is 0 Å². The van der Waals surface area contributed by atoms with Crippen LogP contribution in [-0.2, 0) is 0 Å². The van der Waals surface area contributed by atoms with Crippen LogP contribution in [0.1, 0.15) is 61.1 Å². The van der Waals surface area contributed by atoms with Crippen LogP contribution in [0, 0.1) is 6.92 Å². The zero-order valence-electron chi connectivity index (χ0n) is 17.9. The van der Waals surface area contributed by atoms with Gasteiger partial charge < -0.3 is 9.73 Å². The average Bonchev–Trinajstić information content (AvgIpc) is 3.38. The minimum atomic E-state index is -0.185. The Kier molecular flexibility index (Phi) is 5.16. The van der Waals surface area contributed by atoms with Crippen molar-refractivity contribution < 1.29 is 9.21 Å². The molecule has 6 nitrogen and oxygen atoms in total. The van der Waals surface area contributed by atoms with Gasteiger partial charge in [-0.2, -0.15) is 5.10 Å². The summed E-state index contributed by atoms with van der Waals surface area (Å²) in [5.41, 5.74) is 4.79. The summed E-state index contributed by atoms with van der Waals surface area (Å²) in [5.74, 6) is 0.718. The molecule has 0 saturated heterocycles. The van der Waals surface area contributed by atoms with Crippen molar-refractivity contribution in [3.8, 4) is 11.5 Å². The van der Waals surface area contributed by atoms with Gasteiger partial charge in [-0.05, 0) is 56.0 Å². The number of pyridine rings is 1. The van der Waals surface area contributed by atoms with E-state index in [4.69, 9.17) is 9.40 Å². The fourth-order valence-electron chi connectivity index (χ4n) is 3.66. The van der Waals surface area contributed by atoms with Gasteiger partial charge >= 0.3 is 0 Å². The SMILES string of the molecule is Cc1cccc(C(C)C)c1NC(=O)c1cc(-c2ccco2)nc2c1cnn2C(C)C. The quantitative estimate of drug-likeness (QED) is 0.447. The number of amides is 1. The zero-order valence-corrected chi connectivity index (χ0v) is 17.9. The number of hydrogen-bond acceptors (Lipinski definition) is 4. The lowest BCUT2D eigenvalue weighted by atomic mass is 9.98. The minimum absolute atomic E-state index is 0.113. The Morgan fingerprint density at radius 3 is 2.60 bits per heavy atom. The second-order valence-electron chi connectivity index (χ2n) is 8.10. The maximum Gasteiger partial charge on any atom is 0.256 e. The first-order chi connectivity index (χ1) is 14.4. The second kappa shape index (κ2) is 7.78. The number of nitrogens with one attached hydrogen (secondary N) is 1. The van der Waals surface area contributed by atoms with Gasteiger partial charge in [0.25, 0.3) is 5.91 Å². The van der Waals surface area contributed by atoms with Crippen molar-refractivity contribution >= 4 is 22.6 Å². The first kappa shape index (κ1) is 19.9. The first-order valence-corrected chi connectivity index (χ1v) is 10.2. The third-order valence-corrected chi connectivity index (χ3v) is 5.24. The molecule has 1 amide bonds. The number of para-hydroxylation sites is 1. The van der Waals surface area contributed by atoms with Crippen LogP contribution in [0.25, 0.3) is 22.5 Å². The molecule has 0 bridgehead atoms. The van der Waals surface area contributed by atoms with Crippen LogP contribution >= 0.6 is 0 Å². The molecule has 3 aromatic heterocycles. The number of rotatable bonds is 5. The third kappa shape index (κ3) is 3.49. The van der Waals surface area contributed by atoms with Crippen LogP contribution in [0.2, 0.25) is 0 Å². The maximum atomic E-state index is 13.4. The summed E-state index contributed by atoms with van der Waals surface area (Å²) in [6.07, 6.45) is 3.31. The van der Waals surface area contributed by atoms with E-state index in [9.17, 15) is 4.79 Å². The molecular weight excluding hydrogens is 376 g/mol. The Morgan fingerprint density at radius 2 is 1.93 bits per heavy atom. The number of hydrogen-bond donors (Lipinski definition) is 1. The maximum absolute atomic E-state index is 13.4. The summed E-state index contributed by atoms with van der Waals surface area (Å²) in [7, 11) is 0. The molecule has 0 saturated carbocycles. The number of carbonyl (C=O) groups is 1. The molecule has 0 aliphatic rings. The molecular formula is C24H26N4O2. The number of anilines is 1. The molecule has 4 aromatic rings. The number of aromatic nitrogens is 3. The average molecular weight is 402 g/mol. The molecule has 0 fully saturated rings. The van der Waals surface area contributed by atoms with Gasteiger partial charge in [-0.1, -0.05) is 32.0 Å². The lowest BCUT2D eigenvalue weighted by Crippen LogP contribution is -2.16. The van der Waals surface area contributed by atoms with Gasteiger partial charge in [0.2, 0.25) is 0 Å². The van der Waals surface area contributed by atoms with Crippen molar-refractivity contribution in [3.63, 3.8) is 0 Å². The fourth-order valence-corrected chi connectivity index (χ4v) is 3.66. The van der Waals surface area contributed by atoms with E-state index in [0.29, 0.717) is 28.6 Å². The Morgan fingerprint density at radius 1 is 1.13 bits per heavy atom. The molecule has 0 spiro atoms. The van der Waals surface area contributed by atoms with E-state index in [-0.39, 0.29) is 11.9 Å². The molecule has 0 unspecified atom stereocenters. The van der Waals surface area contributed by atoms with Crippen molar-refractivity contribution in [1.29, 1.82) is 0 Å². The lowest BCUT2D eigenvalue weighted by molar-refractivity contribution is 0.102. The van der Waals surface area contributed by atoms with Crippen molar-refractivity contribution in [2.24, 2.45) is 0 Å². The first-order valence-electron chi connectivity index (χ1n) is 10.2. The summed E-state index contributed by atoms with van der Waals surface area (Å²) < 4.78 is 7.37. The normalized spacial score (nSPS) is 11.6. The van der Waals surface area contributed by atoms with Gasteiger partial charge in [0.1, 0.15) is 5.69 Å². The summed E-state index contributed by atoms with van der Waals surface area (Å²) in [6.45, 7) is 10.3. The third-order valence-electron chi connectivity index (χ3n) is 5.24. The molecule has 0 aliphatic carbocycles. The summed E-state index contributed by atoms with van der Waals surface area (Å²) in [4.78, 5) is 18.2. The molecule has 3 heterocycles. The molecule has 0 atom stereocenters. The van der Waals surface area contributed by atoms with E-state index in [1.165, 1.54) is 0 Å². The monoisotopic (exact) mass is 402 g/mol. The number of benzene rings is 1. The van der Waals surface area contributed by atoms with Crippen LogP contribution < -0.4 is 5.32 Å². The number of aryl methyl sites for hydroxylation is 1. The molecule has 30 heavy (non-hydrogen) atoms. The summed E-state index contributed by atoms with van der Waals surface area (Å²) >= 11 is 0. The Balaban J connectivity index is 1.85. The lowest BCUT2D eigenvalue weighted by Gasteiger charge is -2.17. The Bertz CT molecular complexity index is 1200. The van der Waals surface area contributed by atoms with Crippen molar-refractivity contribution in [2.45, 2.75) is 46.6 Å². The van der Waals surface area contributed by atoms with Crippen LogP contribution in [0.3, 0.4) is 0 Å². The van der Waals surface area contributed by atoms with Gasteiger partial charge in [-0.15, -0.1) is 0 Å². The molecule has 6 heteroatoms. The molecule has 1 aromatic carbocycles. The number of nitrogens with zero attached hydrogens (tertiary/aromatic N) is 3. The van der Waals surface area contributed by atoms with E-state index in [0.717, 1.165) is 22.2 Å². The highest BCUT2D eigenvalue weighted by molar-refractivity contribution is 6.13. The van der Waals surface area contributed by atoms with E-state index < -0.39 is 0 Å². The largest absolute Gasteiger partial charge is 0.463 e. The van der Waals surface area contributed by atoms with E-state index >= 15 is 0 Å². The van der Waals surface area contributed by atoms with Crippen LogP contribution in [0.4, 0.5) is 5.69 Å². The molecule has 154 valence electrons. The number of carbonyl (C=O) groups excluding carboxylic acids is 1. The topological polar surface area (TPSA) is 73.0 Å². The predicted octanol–water partition coefficient (Wildman–Crippen LogP) is 5.96. The van der Waals surface area contributed by atoms with Gasteiger partial charge in [-0.25, -0.2) is 9.67 Å². The summed E-state index contributed by atoms with van der Waals surface area (Å²) in [6, 6.07) is 11.6. The predicted molar refractivity (Wildman–Crippen MR) is 119 cm³/mol. The van der Waals surface area contributed by atoms with Gasteiger partial charge in [0.15, 0.2) is 11.4 Å². The highest BCUT2D eigenvalue weighted by Crippen LogP contribution is 2.30. The highest BCUT2D eigenvalue weighted by atomic mass is 16.3. The Hall–Kier alpha value is -3.41. The fraction of sp³-hybridized carbons (Fsp3) is 0.292. The van der Waals surface area contributed by atoms with E-state index in [1.807, 2.05) is 49.7 Å². The van der Waals surface area contributed by atoms with E-state index in [2.05, 4.69) is 30.3 Å². The smallest absolute Gasteiger partial charge is 0.256 e. The minimum Gasteiger partial charge on any atom is -0.463 e. The van der Waals surface area contributed by atoms with Crippen LogP contribution in [-0.4, -0.2) is 20.7 Å². The number of furan rings is 1. The van der Waals surface area contributed by atoms with E-state index in [1.54, 1.807) is 18.5 Å². The Labute approximate surface area is 175 Å². The van der Waals surface area contributed by atoms with Gasteiger partial charge in [0.05, 0.1) is 23.4 Å². The van der Waals surface area contributed by atoms with Crippen LogP contribution in [0.15, 0.2) is 53.3 Å². The zero-order chi connectivity index (χ0) is 21.4. The standard InChI is InChI=1S/C24H26N4O2/c1-14(2)17-9-6-8-16(5)22(17)27-24(29)18-12-20(21-10-7-11-30-21)26-23-19(18)13-25-28(23)15(3)4/h6-15H,1-5H3,(H,27,29). The summed E-state index contributed by atoms with van der Waals surface area (Å²) in [5, 5.41) is 8.34. The second-order valence-corrected chi connectivity index (χ2v) is 8.10. The molecule has 1 N–H and O–H groups in total. The van der Waals surface area contributed by atoms with Gasteiger partial charge in [0, 0.05) is 11.7 Å². The number of fused-ring (bicyclic) bond motifs is 1. The molecule has 4 rings (SSSR count). The molecule has 0 aliphatic heterocycles.